The number of carbonyl (C=O) groups is 4. The first-order chi connectivity index (χ1) is 14.2. The van der Waals surface area contributed by atoms with Crippen LogP contribution in [0.2, 0.25) is 0 Å². The molecule has 1 aromatic carbocycles. The first kappa shape index (κ1) is 25.9. The Balaban J connectivity index is 3.24. The van der Waals surface area contributed by atoms with E-state index in [1.807, 2.05) is 0 Å². The monoisotopic (exact) mass is 437 g/mol. The van der Waals surface area contributed by atoms with E-state index >= 15 is 0 Å². The molecule has 0 saturated heterocycles. The quantitative estimate of drug-likeness (QED) is 0.488. The van der Waals surface area contributed by atoms with Crippen molar-refractivity contribution < 1.29 is 38.1 Å². The van der Waals surface area contributed by atoms with Crippen molar-refractivity contribution in [2.45, 2.75) is 71.8 Å². The molecule has 2 amide bonds. The minimum absolute atomic E-state index is 0.117. The SMILES string of the molecule is COC(=O)C[C@@H](C(=O)OCc1ccccc1)N(C(=O)OC(C)(C)C)C(=O)OC(C)(C)C. The van der Waals surface area contributed by atoms with Gasteiger partial charge in [-0.2, -0.15) is 4.90 Å². The molecule has 0 aliphatic carbocycles. The van der Waals surface area contributed by atoms with Gasteiger partial charge in [0, 0.05) is 0 Å². The molecule has 1 atom stereocenters. The number of amides is 2. The van der Waals surface area contributed by atoms with Crippen LogP contribution in [-0.2, 0) is 35.1 Å². The van der Waals surface area contributed by atoms with Gasteiger partial charge in [0.15, 0.2) is 6.04 Å². The predicted octanol–water partition coefficient (Wildman–Crippen LogP) is 3.83. The Morgan fingerprint density at radius 1 is 0.871 bits per heavy atom. The average molecular weight is 437 g/mol. The Hall–Kier alpha value is -3.10. The number of hydrogen-bond acceptors (Lipinski definition) is 8. The van der Waals surface area contributed by atoms with Crippen LogP contribution in [-0.4, -0.2) is 53.4 Å². The molecule has 1 rings (SSSR count). The van der Waals surface area contributed by atoms with Gasteiger partial charge >= 0.3 is 24.1 Å². The van der Waals surface area contributed by atoms with Gasteiger partial charge in [-0.1, -0.05) is 30.3 Å². The lowest BCUT2D eigenvalue weighted by Gasteiger charge is -2.32. The predicted molar refractivity (Wildman–Crippen MR) is 111 cm³/mol. The van der Waals surface area contributed by atoms with E-state index in [9.17, 15) is 19.2 Å². The third kappa shape index (κ3) is 9.50. The lowest BCUT2D eigenvalue weighted by molar-refractivity contribution is -0.156. The Kier molecular flexibility index (Phi) is 9.02. The van der Waals surface area contributed by atoms with E-state index < -0.39 is 47.8 Å². The number of imide groups is 1. The van der Waals surface area contributed by atoms with E-state index in [0.29, 0.717) is 10.5 Å². The van der Waals surface area contributed by atoms with Crippen molar-refractivity contribution in [3.63, 3.8) is 0 Å². The van der Waals surface area contributed by atoms with E-state index in [2.05, 4.69) is 4.74 Å². The van der Waals surface area contributed by atoms with E-state index in [1.54, 1.807) is 71.9 Å². The summed E-state index contributed by atoms with van der Waals surface area (Å²) in [6.07, 6.45) is -2.91. The number of esters is 2. The van der Waals surface area contributed by atoms with E-state index in [1.165, 1.54) is 0 Å². The zero-order valence-electron chi connectivity index (χ0n) is 19.1. The van der Waals surface area contributed by atoms with Crippen LogP contribution < -0.4 is 0 Å². The summed E-state index contributed by atoms with van der Waals surface area (Å²) in [4.78, 5) is 50.9. The lowest BCUT2D eigenvalue weighted by atomic mass is 10.1. The minimum Gasteiger partial charge on any atom is -0.469 e. The molecule has 0 radical (unpaired) electrons. The third-order valence-corrected chi connectivity index (χ3v) is 3.58. The second kappa shape index (κ2) is 10.8. The second-order valence-corrected chi connectivity index (χ2v) is 8.72. The van der Waals surface area contributed by atoms with Gasteiger partial charge in [0.25, 0.3) is 0 Å². The number of nitrogens with zero attached hydrogens (tertiary/aromatic N) is 1. The highest BCUT2D eigenvalue weighted by molar-refractivity contribution is 5.95. The molecule has 0 bridgehead atoms. The molecule has 9 nitrogen and oxygen atoms in total. The fraction of sp³-hybridized carbons (Fsp3) is 0.545. The number of methoxy groups -OCH3 is 1. The number of rotatable bonds is 6. The summed E-state index contributed by atoms with van der Waals surface area (Å²) in [5.41, 5.74) is -1.25. The van der Waals surface area contributed by atoms with Crippen molar-refractivity contribution in [2.75, 3.05) is 7.11 Å². The fourth-order valence-electron chi connectivity index (χ4n) is 2.30. The van der Waals surface area contributed by atoms with Crippen molar-refractivity contribution in [2.24, 2.45) is 0 Å². The molecular weight excluding hydrogens is 406 g/mol. The Labute approximate surface area is 182 Å². The molecule has 0 aromatic heterocycles. The molecular formula is C22H31NO8. The molecule has 0 aliphatic heterocycles. The first-order valence-corrected chi connectivity index (χ1v) is 9.76. The normalized spacial score (nSPS) is 12.4. The van der Waals surface area contributed by atoms with Crippen molar-refractivity contribution in [3.05, 3.63) is 35.9 Å². The second-order valence-electron chi connectivity index (χ2n) is 8.72. The van der Waals surface area contributed by atoms with Crippen LogP contribution in [0.5, 0.6) is 0 Å². The van der Waals surface area contributed by atoms with E-state index in [-0.39, 0.29) is 6.61 Å². The highest BCUT2D eigenvalue weighted by Gasteiger charge is 2.42. The van der Waals surface area contributed by atoms with E-state index in [4.69, 9.17) is 14.2 Å². The Morgan fingerprint density at radius 3 is 1.77 bits per heavy atom. The molecule has 0 unspecified atom stereocenters. The van der Waals surface area contributed by atoms with Crippen molar-refractivity contribution >= 4 is 24.1 Å². The summed E-state index contributed by atoms with van der Waals surface area (Å²) in [6.45, 7) is 9.47. The molecule has 9 heteroatoms. The van der Waals surface area contributed by atoms with Crippen molar-refractivity contribution in [1.82, 2.24) is 4.90 Å². The van der Waals surface area contributed by atoms with Crippen LogP contribution >= 0.6 is 0 Å². The lowest BCUT2D eigenvalue weighted by Crippen LogP contribution is -2.53. The Bertz CT molecular complexity index is 749. The maximum atomic E-state index is 12.9. The molecule has 1 aromatic rings. The van der Waals surface area contributed by atoms with E-state index in [0.717, 1.165) is 7.11 Å². The van der Waals surface area contributed by atoms with Crippen LogP contribution in [0.25, 0.3) is 0 Å². The van der Waals surface area contributed by atoms with Gasteiger partial charge in [-0.15, -0.1) is 0 Å². The van der Waals surface area contributed by atoms with Crippen LogP contribution in [0.1, 0.15) is 53.5 Å². The summed E-state index contributed by atoms with van der Waals surface area (Å²) < 4.78 is 20.4. The Morgan fingerprint density at radius 2 is 1.35 bits per heavy atom. The van der Waals surface area contributed by atoms with Gasteiger partial charge in [0.05, 0.1) is 13.5 Å². The third-order valence-electron chi connectivity index (χ3n) is 3.58. The summed E-state index contributed by atoms with van der Waals surface area (Å²) in [7, 11) is 1.12. The number of benzene rings is 1. The van der Waals surface area contributed by atoms with Gasteiger partial charge in [-0.25, -0.2) is 14.4 Å². The molecule has 0 fully saturated rings. The van der Waals surface area contributed by atoms with Gasteiger partial charge in [0.2, 0.25) is 0 Å². The summed E-state index contributed by atoms with van der Waals surface area (Å²) in [5.74, 6) is -1.80. The molecule has 172 valence electrons. The molecule has 31 heavy (non-hydrogen) atoms. The van der Waals surface area contributed by atoms with Crippen LogP contribution in [0.15, 0.2) is 30.3 Å². The molecule has 0 spiro atoms. The van der Waals surface area contributed by atoms with Crippen LogP contribution in [0, 0.1) is 0 Å². The zero-order chi connectivity index (χ0) is 23.8. The fourth-order valence-corrected chi connectivity index (χ4v) is 2.30. The summed E-state index contributed by atoms with van der Waals surface area (Å²) in [6, 6.07) is 7.18. The van der Waals surface area contributed by atoms with Crippen molar-refractivity contribution in [1.29, 1.82) is 0 Å². The zero-order valence-corrected chi connectivity index (χ0v) is 19.1. The standard InChI is InChI=1S/C22H31NO8/c1-21(2,3)30-19(26)23(20(27)31-22(4,5)6)16(13-17(24)28-7)18(25)29-14-15-11-9-8-10-12-15/h8-12,16H,13-14H2,1-7H3/t16-/m0/s1. The van der Waals surface area contributed by atoms with Gasteiger partial charge in [-0.05, 0) is 47.1 Å². The topological polar surface area (TPSA) is 108 Å². The van der Waals surface area contributed by atoms with Crippen LogP contribution in [0.3, 0.4) is 0 Å². The maximum absolute atomic E-state index is 12.9. The largest absolute Gasteiger partial charge is 0.469 e. The average Bonchev–Trinajstić information content (AvgIpc) is 2.63. The van der Waals surface area contributed by atoms with Gasteiger partial charge < -0.3 is 18.9 Å². The number of hydrogen-bond donors (Lipinski definition) is 0. The van der Waals surface area contributed by atoms with Gasteiger partial charge in [-0.3, -0.25) is 4.79 Å². The summed E-state index contributed by atoms with van der Waals surface area (Å²) in [5, 5.41) is 0. The molecule has 0 N–H and O–H groups in total. The van der Waals surface area contributed by atoms with Gasteiger partial charge in [0.1, 0.15) is 17.8 Å². The molecule has 0 saturated carbocycles. The van der Waals surface area contributed by atoms with Crippen LogP contribution in [0.4, 0.5) is 9.59 Å². The summed E-state index contributed by atoms with van der Waals surface area (Å²) >= 11 is 0. The smallest absolute Gasteiger partial charge is 0.420 e. The highest BCUT2D eigenvalue weighted by atomic mass is 16.6. The number of ether oxygens (including phenoxy) is 4. The maximum Gasteiger partial charge on any atom is 0.420 e. The highest BCUT2D eigenvalue weighted by Crippen LogP contribution is 2.20. The van der Waals surface area contributed by atoms with Crippen molar-refractivity contribution in [3.8, 4) is 0 Å². The molecule has 0 heterocycles. The minimum atomic E-state index is -1.64. The first-order valence-electron chi connectivity index (χ1n) is 9.76. The molecule has 0 aliphatic rings. The number of carbonyl (C=O) groups excluding carboxylic acids is 4.